The Hall–Kier alpha value is -2.14. The van der Waals surface area contributed by atoms with Crippen molar-refractivity contribution in [2.24, 2.45) is 7.05 Å². The first-order valence-corrected chi connectivity index (χ1v) is 6.33. The minimum absolute atomic E-state index is 0.0156. The summed E-state index contributed by atoms with van der Waals surface area (Å²) < 4.78 is 1.65. The minimum Gasteiger partial charge on any atom is -0.310 e. The second-order valence-corrected chi connectivity index (χ2v) is 4.74. The lowest BCUT2D eigenvalue weighted by molar-refractivity contribution is -0.118. The summed E-state index contributed by atoms with van der Waals surface area (Å²) in [5.41, 5.74) is 2.51. The summed E-state index contributed by atoms with van der Waals surface area (Å²) in [6.45, 7) is 0.736. The average molecular weight is 256 g/mol. The van der Waals surface area contributed by atoms with Crippen molar-refractivity contribution in [3.63, 3.8) is 0 Å². The summed E-state index contributed by atoms with van der Waals surface area (Å²) in [5, 5.41) is 10.2. The second kappa shape index (κ2) is 4.85. The van der Waals surface area contributed by atoms with Crippen LogP contribution in [0, 0.1) is 0 Å². The molecule has 0 unspecified atom stereocenters. The van der Waals surface area contributed by atoms with E-state index in [0.717, 1.165) is 13.0 Å². The summed E-state index contributed by atoms with van der Waals surface area (Å²) in [4.78, 5) is 12.2. The van der Waals surface area contributed by atoms with E-state index in [9.17, 15) is 4.79 Å². The molecule has 2 aromatic rings. The van der Waals surface area contributed by atoms with Crippen LogP contribution in [0.25, 0.3) is 0 Å². The topological polar surface area (TPSA) is 59.0 Å². The van der Waals surface area contributed by atoms with Gasteiger partial charge >= 0.3 is 0 Å². The zero-order valence-electron chi connectivity index (χ0n) is 10.8. The molecule has 0 spiro atoms. The molecule has 0 radical (unpaired) electrons. The number of nitrogens with zero attached hydrogens (tertiary/aromatic N) is 2. The van der Waals surface area contributed by atoms with E-state index in [0.29, 0.717) is 5.82 Å². The number of anilines is 1. The Morgan fingerprint density at radius 2 is 2.16 bits per heavy atom. The third-order valence-electron chi connectivity index (χ3n) is 3.47. The number of benzene rings is 1. The highest BCUT2D eigenvalue weighted by Crippen LogP contribution is 2.17. The summed E-state index contributed by atoms with van der Waals surface area (Å²) in [5.74, 6) is 0.698. The largest absolute Gasteiger partial charge is 0.310 e. The molecule has 0 saturated heterocycles. The van der Waals surface area contributed by atoms with Crippen molar-refractivity contribution >= 4 is 11.7 Å². The first kappa shape index (κ1) is 11.9. The van der Waals surface area contributed by atoms with Crippen molar-refractivity contribution in [1.29, 1.82) is 0 Å². The van der Waals surface area contributed by atoms with Gasteiger partial charge in [0.15, 0.2) is 0 Å². The van der Waals surface area contributed by atoms with Crippen LogP contribution in [-0.4, -0.2) is 21.7 Å². The molecule has 2 N–H and O–H groups in total. The Morgan fingerprint density at radius 1 is 1.37 bits per heavy atom. The minimum atomic E-state index is -0.190. The molecule has 2 heterocycles. The van der Waals surface area contributed by atoms with Crippen LogP contribution < -0.4 is 10.6 Å². The van der Waals surface area contributed by atoms with Crippen LogP contribution >= 0.6 is 0 Å². The van der Waals surface area contributed by atoms with Gasteiger partial charge < -0.3 is 10.6 Å². The maximum absolute atomic E-state index is 12.2. The van der Waals surface area contributed by atoms with Crippen LogP contribution in [0.1, 0.15) is 11.1 Å². The highest BCUT2D eigenvalue weighted by atomic mass is 16.2. The number of carbonyl (C=O) groups is 1. The highest BCUT2D eigenvalue weighted by Gasteiger charge is 2.24. The van der Waals surface area contributed by atoms with E-state index in [1.165, 1.54) is 11.1 Å². The molecule has 3 rings (SSSR count). The molecular weight excluding hydrogens is 240 g/mol. The van der Waals surface area contributed by atoms with E-state index < -0.39 is 0 Å². The normalized spacial score (nSPS) is 17.8. The molecule has 19 heavy (non-hydrogen) atoms. The number of amides is 1. The summed E-state index contributed by atoms with van der Waals surface area (Å²) in [7, 11) is 1.80. The molecular formula is C14H16N4O. The lowest BCUT2D eigenvalue weighted by Gasteiger charge is -2.25. The van der Waals surface area contributed by atoms with Gasteiger partial charge in [-0.05, 0) is 17.5 Å². The number of carbonyl (C=O) groups excluding carboxylic acids is 1. The molecule has 5 heteroatoms. The molecule has 0 aliphatic carbocycles. The first-order valence-electron chi connectivity index (χ1n) is 6.33. The fourth-order valence-corrected chi connectivity index (χ4v) is 2.35. The van der Waals surface area contributed by atoms with E-state index in [1.807, 2.05) is 12.1 Å². The van der Waals surface area contributed by atoms with Crippen LogP contribution in [-0.2, 0) is 24.8 Å². The summed E-state index contributed by atoms with van der Waals surface area (Å²) in [6, 6.07) is 9.81. The molecule has 1 aromatic heterocycles. The maximum Gasteiger partial charge on any atom is 0.243 e. The molecule has 5 nitrogen and oxygen atoms in total. The van der Waals surface area contributed by atoms with Crippen molar-refractivity contribution in [3.8, 4) is 0 Å². The Bertz CT molecular complexity index is 605. The van der Waals surface area contributed by atoms with Crippen LogP contribution in [0.15, 0.2) is 36.5 Å². The first-order chi connectivity index (χ1) is 9.24. The second-order valence-electron chi connectivity index (χ2n) is 4.74. The molecule has 0 fully saturated rings. The Kier molecular flexibility index (Phi) is 3.05. The summed E-state index contributed by atoms with van der Waals surface area (Å²) >= 11 is 0. The van der Waals surface area contributed by atoms with E-state index in [1.54, 1.807) is 24.0 Å². The van der Waals surface area contributed by atoms with Gasteiger partial charge in [0.1, 0.15) is 5.82 Å². The molecule has 98 valence electrons. The van der Waals surface area contributed by atoms with Crippen molar-refractivity contribution in [2.45, 2.75) is 19.0 Å². The molecule has 1 aliphatic rings. The standard InChI is InChI=1S/C14H16N4O/c1-18-13(6-7-16-18)17-14(19)12-8-10-4-2-3-5-11(10)9-15-12/h2-7,12,15H,8-9H2,1H3,(H,17,19)/t12-/m1/s1. The number of fused-ring (bicyclic) bond motifs is 1. The van der Waals surface area contributed by atoms with E-state index in [4.69, 9.17) is 0 Å². The molecule has 0 bridgehead atoms. The van der Waals surface area contributed by atoms with E-state index in [2.05, 4.69) is 27.9 Å². The predicted octanol–water partition coefficient (Wildman–Crippen LogP) is 1.07. The van der Waals surface area contributed by atoms with Crippen LogP contribution in [0.4, 0.5) is 5.82 Å². The highest BCUT2D eigenvalue weighted by molar-refractivity contribution is 5.94. The predicted molar refractivity (Wildman–Crippen MR) is 72.6 cm³/mol. The lowest BCUT2D eigenvalue weighted by Crippen LogP contribution is -2.44. The maximum atomic E-state index is 12.2. The Labute approximate surface area is 111 Å². The van der Waals surface area contributed by atoms with Gasteiger partial charge in [0.05, 0.1) is 12.2 Å². The van der Waals surface area contributed by atoms with Gasteiger partial charge in [-0.15, -0.1) is 0 Å². The molecule has 0 saturated carbocycles. The molecule has 1 amide bonds. The average Bonchev–Trinajstić information content (AvgIpc) is 2.84. The van der Waals surface area contributed by atoms with E-state index in [-0.39, 0.29) is 11.9 Å². The van der Waals surface area contributed by atoms with Crippen LogP contribution in [0.2, 0.25) is 0 Å². The van der Waals surface area contributed by atoms with Gasteiger partial charge in [-0.3, -0.25) is 9.48 Å². The van der Waals surface area contributed by atoms with Gasteiger partial charge in [0.2, 0.25) is 5.91 Å². The molecule has 1 aliphatic heterocycles. The monoisotopic (exact) mass is 256 g/mol. The number of aromatic nitrogens is 2. The number of hydrogen-bond donors (Lipinski definition) is 2. The fraction of sp³-hybridized carbons (Fsp3) is 0.286. The number of nitrogens with one attached hydrogen (secondary N) is 2. The zero-order valence-corrected chi connectivity index (χ0v) is 10.8. The quantitative estimate of drug-likeness (QED) is 0.845. The molecule has 1 atom stereocenters. The smallest absolute Gasteiger partial charge is 0.243 e. The van der Waals surface area contributed by atoms with Crippen molar-refractivity contribution in [2.75, 3.05) is 5.32 Å². The zero-order chi connectivity index (χ0) is 13.2. The third-order valence-corrected chi connectivity index (χ3v) is 3.47. The third kappa shape index (κ3) is 2.37. The van der Waals surface area contributed by atoms with Crippen LogP contribution in [0.3, 0.4) is 0 Å². The van der Waals surface area contributed by atoms with E-state index >= 15 is 0 Å². The number of aryl methyl sites for hydroxylation is 1. The number of hydrogen-bond acceptors (Lipinski definition) is 3. The Balaban J connectivity index is 1.71. The van der Waals surface area contributed by atoms with Crippen LogP contribution in [0.5, 0.6) is 0 Å². The van der Waals surface area contributed by atoms with Gasteiger partial charge in [0.25, 0.3) is 0 Å². The SMILES string of the molecule is Cn1nccc1NC(=O)[C@H]1Cc2ccccc2CN1. The summed E-state index contributed by atoms with van der Waals surface area (Å²) in [6.07, 6.45) is 2.39. The van der Waals surface area contributed by atoms with Gasteiger partial charge in [0, 0.05) is 19.7 Å². The van der Waals surface area contributed by atoms with Crippen molar-refractivity contribution in [1.82, 2.24) is 15.1 Å². The fourth-order valence-electron chi connectivity index (χ4n) is 2.35. The van der Waals surface area contributed by atoms with Gasteiger partial charge in [-0.2, -0.15) is 5.10 Å². The van der Waals surface area contributed by atoms with Gasteiger partial charge in [-0.25, -0.2) is 0 Å². The lowest BCUT2D eigenvalue weighted by atomic mass is 9.95. The van der Waals surface area contributed by atoms with Crippen molar-refractivity contribution in [3.05, 3.63) is 47.7 Å². The van der Waals surface area contributed by atoms with Gasteiger partial charge in [-0.1, -0.05) is 24.3 Å². The Morgan fingerprint density at radius 3 is 2.89 bits per heavy atom. The van der Waals surface area contributed by atoms with Crippen molar-refractivity contribution < 1.29 is 4.79 Å². The molecule has 1 aromatic carbocycles. The number of rotatable bonds is 2.